The summed E-state index contributed by atoms with van der Waals surface area (Å²) in [7, 11) is 0. The van der Waals surface area contributed by atoms with Crippen LogP contribution in [0.4, 0.5) is 0 Å². The van der Waals surface area contributed by atoms with Gasteiger partial charge in [-0.3, -0.25) is 4.90 Å². The second-order valence-corrected chi connectivity index (χ2v) is 7.67. The number of benzene rings is 1. The molecule has 24 heavy (non-hydrogen) atoms. The largest absolute Gasteiger partial charge is 0.454 e. The van der Waals surface area contributed by atoms with Crippen molar-refractivity contribution in [2.24, 2.45) is 5.92 Å². The molecule has 0 spiro atoms. The first-order valence-corrected chi connectivity index (χ1v) is 9.54. The molecule has 2 fully saturated rings. The number of nitrogens with one attached hydrogen (secondary N) is 1. The van der Waals surface area contributed by atoms with E-state index in [4.69, 9.17) is 14.5 Å². The molecule has 126 valence electrons. The van der Waals surface area contributed by atoms with Crippen LogP contribution in [0, 0.1) is 5.92 Å². The van der Waals surface area contributed by atoms with Crippen LogP contribution in [0.15, 0.2) is 23.6 Å². The molecule has 5 nitrogen and oxygen atoms in total. The van der Waals surface area contributed by atoms with E-state index in [1.165, 1.54) is 31.6 Å². The normalized spacial score (nSPS) is 25.8. The van der Waals surface area contributed by atoms with Crippen LogP contribution < -0.4 is 14.8 Å². The van der Waals surface area contributed by atoms with Crippen LogP contribution in [0.2, 0.25) is 0 Å². The van der Waals surface area contributed by atoms with Crippen molar-refractivity contribution in [3.63, 3.8) is 0 Å². The standard InChI is InChI=1S/C18H21N3O2S/c1-2-13-7-19-8-15(13)21(5-1)9-14-10-24-18(20-14)12-3-4-16-17(6-12)23-11-22-16/h3-4,6,10,13,15,19H,1-2,5,7-9,11H2/t13-,15+/m0/s1. The Balaban J connectivity index is 1.34. The van der Waals surface area contributed by atoms with Crippen LogP contribution in [0.1, 0.15) is 18.5 Å². The number of rotatable bonds is 3. The van der Waals surface area contributed by atoms with Crippen molar-refractivity contribution in [3.8, 4) is 22.1 Å². The molecule has 2 saturated heterocycles. The lowest BCUT2D eigenvalue weighted by Crippen LogP contribution is -2.44. The fourth-order valence-corrected chi connectivity index (χ4v) is 4.92. The van der Waals surface area contributed by atoms with Crippen LogP contribution in [-0.2, 0) is 6.54 Å². The van der Waals surface area contributed by atoms with Crippen molar-refractivity contribution in [1.82, 2.24) is 15.2 Å². The molecule has 3 aliphatic rings. The molecule has 2 aromatic rings. The van der Waals surface area contributed by atoms with E-state index in [1.54, 1.807) is 11.3 Å². The first kappa shape index (κ1) is 14.7. The van der Waals surface area contributed by atoms with E-state index >= 15 is 0 Å². The van der Waals surface area contributed by atoms with Gasteiger partial charge in [-0.15, -0.1) is 11.3 Å². The lowest BCUT2D eigenvalue weighted by Gasteiger charge is -2.36. The molecule has 1 aromatic heterocycles. The molecule has 0 amide bonds. The molecule has 1 N–H and O–H groups in total. The van der Waals surface area contributed by atoms with Gasteiger partial charge in [0.25, 0.3) is 0 Å². The van der Waals surface area contributed by atoms with Crippen molar-refractivity contribution in [2.45, 2.75) is 25.4 Å². The van der Waals surface area contributed by atoms with E-state index in [-0.39, 0.29) is 0 Å². The van der Waals surface area contributed by atoms with Crippen LogP contribution in [0.3, 0.4) is 0 Å². The van der Waals surface area contributed by atoms with Gasteiger partial charge in [-0.05, 0) is 50.0 Å². The minimum Gasteiger partial charge on any atom is -0.454 e. The minimum absolute atomic E-state index is 0.313. The highest BCUT2D eigenvalue weighted by atomic mass is 32.1. The molecular weight excluding hydrogens is 322 g/mol. The third-order valence-electron chi connectivity index (χ3n) is 5.33. The lowest BCUT2D eigenvalue weighted by molar-refractivity contribution is 0.116. The molecule has 0 radical (unpaired) electrons. The van der Waals surface area contributed by atoms with Gasteiger partial charge in [0.1, 0.15) is 5.01 Å². The SMILES string of the molecule is c1cc2c(cc1-c1nc(CN3CCC[C@H]4CNC[C@H]43)cs1)OCO2. The maximum atomic E-state index is 5.48. The average molecular weight is 343 g/mol. The fraction of sp³-hybridized carbons (Fsp3) is 0.500. The van der Waals surface area contributed by atoms with Gasteiger partial charge in [-0.25, -0.2) is 4.98 Å². The Kier molecular flexibility index (Phi) is 3.69. The van der Waals surface area contributed by atoms with E-state index in [2.05, 4.69) is 21.7 Å². The smallest absolute Gasteiger partial charge is 0.231 e. The summed E-state index contributed by atoms with van der Waals surface area (Å²) in [5.74, 6) is 2.47. The van der Waals surface area contributed by atoms with E-state index in [1.807, 2.05) is 12.1 Å². The first-order chi connectivity index (χ1) is 11.9. The maximum Gasteiger partial charge on any atom is 0.231 e. The molecule has 0 unspecified atom stereocenters. The topological polar surface area (TPSA) is 46.6 Å². The molecule has 5 rings (SSSR count). The number of hydrogen-bond donors (Lipinski definition) is 1. The monoisotopic (exact) mass is 343 g/mol. The van der Waals surface area contributed by atoms with Crippen molar-refractivity contribution in [2.75, 3.05) is 26.4 Å². The molecule has 3 aliphatic heterocycles. The summed E-state index contributed by atoms with van der Waals surface area (Å²) >= 11 is 1.71. The fourth-order valence-electron chi connectivity index (χ4n) is 4.11. The number of likely N-dealkylation sites (tertiary alicyclic amines) is 1. The highest BCUT2D eigenvalue weighted by molar-refractivity contribution is 7.13. The number of aromatic nitrogens is 1. The molecular formula is C18H21N3O2S. The first-order valence-electron chi connectivity index (χ1n) is 8.66. The van der Waals surface area contributed by atoms with Gasteiger partial charge in [-0.2, -0.15) is 0 Å². The second kappa shape index (κ2) is 6.02. The molecule has 1 aromatic carbocycles. The summed E-state index contributed by atoms with van der Waals surface area (Å²) < 4.78 is 10.9. The van der Waals surface area contributed by atoms with Gasteiger partial charge in [0.2, 0.25) is 6.79 Å². The predicted octanol–water partition coefficient (Wildman–Crippen LogP) is 2.72. The van der Waals surface area contributed by atoms with Crippen LogP contribution in [0.5, 0.6) is 11.5 Å². The molecule has 0 saturated carbocycles. The zero-order valence-electron chi connectivity index (χ0n) is 13.5. The van der Waals surface area contributed by atoms with E-state index in [9.17, 15) is 0 Å². The van der Waals surface area contributed by atoms with Gasteiger partial charge in [0, 0.05) is 30.1 Å². The van der Waals surface area contributed by atoms with E-state index < -0.39 is 0 Å². The highest BCUT2D eigenvalue weighted by Gasteiger charge is 2.35. The third kappa shape index (κ3) is 2.59. The Hall–Kier alpha value is -1.63. The number of ether oxygens (including phenoxy) is 2. The van der Waals surface area contributed by atoms with Crippen molar-refractivity contribution >= 4 is 11.3 Å². The number of piperidine rings is 1. The van der Waals surface area contributed by atoms with E-state index in [0.29, 0.717) is 12.8 Å². The number of thiazole rings is 1. The Morgan fingerprint density at radius 1 is 1.25 bits per heavy atom. The van der Waals surface area contributed by atoms with Gasteiger partial charge in [-0.1, -0.05) is 0 Å². The number of fused-ring (bicyclic) bond motifs is 2. The molecule has 6 heteroatoms. The van der Waals surface area contributed by atoms with Crippen molar-refractivity contribution < 1.29 is 9.47 Å². The average Bonchev–Trinajstić information content (AvgIpc) is 3.34. The highest BCUT2D eigenvalue weighted by Crippen LogP contribution is 2.37. The van der Waals surface area contributed by atoms with Gasteiger partial charge >= 0.3 is 0 Å². The summed E-state index contributed by atoms with van der Waals surface area (Å²) in [5.41, 5.74) is 2.29. The number of nitrogens with zero attached hydrogens (tertiary/aromatic N) is 2. The van der Waals surface area contributed by atoms with Crippen molar-refractivity contribution in [3.05, 3.63) is 29.3 Å². The van der Waals surface area contributed by atoms with Gasteiger partial charge < -0.3 is 14.8 Å². The van der Waals surface area contributed by atoms with Crippen LogP contribution >= 0.6 is 11.3 Å². The van der Waals surface area contributed by atoms with E-state index in [0.717, 1.165) is 41.1 Å². The second-order valence-electron chi connectivity index (χ2n) is 6.81. The number of hydrogen-bond acceptors (Lipinski definition) is 6. The Labute approximate surface area is 145 Å². The third-order valence-corrected chi connectivity index (χ3v) is 6.27. The molecule has 4 heterocycles. The summed E-state index contributed by atoms with van der Waals surface area (Å²) in [4.78, 5) is 7.49. The Morgan fingerprint density at radius 3 is 3.21 bits per heavy atom. The van der Waals surface area contributed by atoms with Crippen LogP contribution in [0.25, 0.3) is 10.6 Å². The summed E-state index contributed by atoms with van der Waals surface area (Å²) in [6, 6.07) is 6.75. The zero-order chi connectivity index (χ0) is 15.9. The summed E-state index contributed by atoms with van der Waals surface area (Å²) in [6.45, 7) is 4.78. The maximum absolute atomic E-state index is 5.48. The van der Waals surface area contributed by atoms with Gasteiger partial charge in [0.15, 0.2) is 11.5 Å². The molecule has 0 bridgehead atoms. The summed E-state index contributed by atoms with van der Waals surface area (Å²) in [6.07, 6.45) is 2.68. The minimum atomic E-state index is 0.313. The Bertz CT molecular complexity index is 748. The van der Waals surface area contributed by atoms with Crippen molar-refractivity contribution in [1.29, 1.82) is 0 Å². The quantitative estimate of drug-likeness (QED) is 0.928. The van der Waals surface area contributed by atoms with Crippen LogP contribution in [-0.4, -0.2) is 42.4 Å². The summed E-state index contributed by atoms with van der Waals surface area (Å²) in [5, 5.41) is 6.81. The molecule has 0 aliphatic carbocycles. The lowest BCUT2D eigenvalue weighted by atomic mass is 9.92. The molecule has 2 atom stereocenters. The Morgan fingerprint density at radius 2 is 2.21 bits per heavy atom. The zero-order valence-corrected chi connectivity index (χ0v) is 14.3. The predicted molar refractivity (Wildman–Crippen MR) is 93.5 cm³/mol. The van der Waals surface area contributed by atoms with Gasteiger partial charge in [0.05, 0.1) is 5.69 Å².